The van der Waals surface area contributed by atoms with Crippen LogP contribution in [0.2, 0.25) is 0 Å². The predicted molar refractivity (Wildman–Crippen MR) is 70.2 cm³/mol. The molecule has 5 nitrogen and oxygen atoms in total. The second-order valence-electron chi connectivity index (χ2n) is 5.21. The van der Waals surface area contributed by atoms with Gasteiger partial charge in [0, 0.05) is 19.3 Å². The summed E-state index contributed by atoms with van der Waals surface area (Å²) in [4.78, 5) is 18.2. The molecule has 1 saturated heterocycles. The maximum absolute atomic E-state index is 12.0. The van der Waals surface area contributed by atoms with Gasteiger partial charge in [0.05, 0.1) is 17.3 Å². The number of hydrogen-bond donors (Lipinski definition) is 2. The lowest BCUT2D eigenvalue weighted by Crippen LogP contribution is -2.51. The van der Waals surface area contributed by atoms with Gasteiger partial charge in [0.1, 0.15) is 0 Å². The monoisotopic (exact) mass is 248 g/mol. The van der Waals surface area contributed by atoms with Gasteiger partial charge in [0.2, 0.25) is 0 Å². The van der Waals surface area contributed by atoms with Crippen molar-refractivity contribution in [1.29, 1.82) is 0 Å². The Morgan fingerprint density at radius 2 is 2.33 bits per heavy atom. The normalized spacial score (nSPS) is 20.1. The number of pyridine rings is 1. The van der Waals surface area contributed by atoms with E-state index >= 15 is 0 Å². The predicted octanol–water partition coefficient (Wildman–Crippen LogP) is 1.15. The molecule has 2 heterocycles. The van der Waals surface area contributed by atoms with Crippen molar-refractivity contribution in [2.75, 3.05) is 20.1 Å². The van der Waals surface area contributed by atoms with Crippen LogP contribution in [0.1, 0.15) is 25.6 Å². The molecule has 0 bridgehead atoms. The quantitative estimate of drug-likeness (QED) is 0.840. The number of carbonyl (C=O) groups excluding carboxylic acids is 1. The van der Waals surface area contributed by atoms with Gasteiger partial charge in [-0.15, -0.1) is 0 Å². The Morgan fingerprint density at radius 3 is 2.94 bits per heavy atom. The van der Waals surface area contributed by atoms with Crippen LogP contribution in [0, 0.1) is 0 Å². The number of rotatable bonds is 4. The molecule has 1 aromatic rings. The molecule has 5 heteroatoms. The van der Waals surface area contributed by atoms with Crippen LogP contribution in [-0.2, 0) is 0 Å². The van der Waals surface area contributed by atoms with Gasteiger partial charge in [-0.05, 0) is 33.0 Å². The molecule has 0 aromatic carbocycles. The highest BCUT2D eigenvalue weighted by molar-refractivity contribution is 5.78. The van der Waals surface area contributed by atoms with Crippen LogP contribution < -0.4 is 10.6 Å². The van der Waals surface area contributed by atoms with Gasteiger partial charge in [-0.3, -0.25) is 4.98 Å². The average molecular weight is 248 g/mol. The van der Waals surface area contributed by atoms with Crippen molar-refractivity contribution in [3.63, 3.8) is 0 Å². The zero-order chi connectivity index (χ0) is 13.2. The van der Waals surface area contributed by atoms with E-state index in [0.29, 0.717) is 6.54 Å². The highest BCUT2D eigenvalue weighted by Gasteiger charge is 2.38. The minimum absolute atomic E-state index is 0.0187. The zero-order valence-electron chi connectivity index (χ0n) is 11.1. The molecule has 0 aliphatic carbocycles. The molecule has 0 saturated carbocycles. The molecule has 1 fully saturated rings. The fraction of sp³-hybridized carbons (Fsp3) is 0.538. The molecule has 1 aliphatic rings. The van der Waals surface area contributed by atoms with E-state index in [1.54, 1.807) is 6.20 Å². The van der Waals surface area contributed by atoms with Gasteiger partial charge in [0.15, 0.2) is 0 Å². The van der Waals surface area contributed by atoms with Crippen molar-refractivity contribution in [2.45, 2.75) is 25.4 Å². The summed E-state index contributed by atoms with van der Waals surface area (Å²) in [6, 6.07) is 5.72. The molecule has 2 N–H and O–H groups in total. The summed E-state index contributed by atoms with van der Waals surface area (Å²) in [6.45, 7) is 5.54. The van der Waals surface area contributed by atoms with Gasteiger partial charge >= 0.3 is 6.03 Å². The topological polar surface area (TPSA) is 57.3 Å². The summed E-state index contributed by atoms with van der Waals surface area (Å²) in [7, 11) is 1.89. The molecule has 1 aromatic heterocycles. The van der Waals surface area contributed by atoms with Crippen molar-refractivity contribution < 1.29 is 4.79 Å². The summed E-state index contributed by atoms with van der Waals surface area (Å²) in [5.41, 5.74) is 0.705. The Balaban J connectivity index is 2.12. The molecule has 1 atom stereocenters. The molecule has 18 heavy (non-hydrogen) atoms. The minimum atomic E-state index is -0.206. The Labute approximate surface area is 108 Å². The van der Waals surface area contributed by atoms with Crippen LogP contribution in [0.5, 0.6) is 0 Å². The van der Waals surface area contributed by atoms with E-state index in [-0.39, 0.29) is 17.6 Å². The van der Waals surface area contributed by atoms with Crippen molar-refractivity contribution in [3.05, 3.63) is 30.1 Å². The largest absolute Gasteiger partial charge is 0.328 e. The Kier molecular flexibility index (Phi) is 3.52. The summed E-state index contributed by atoms with van der Waals surface area (Å²) < 4.78 is 0. The molecule has 2 rings (SSSR count). The van der Waals surface area contributed by atoms with E-state index in [4.69, 9.17) is 0 Å². The van der Waals surface area contributed by atoms with Gasteiger partial charge in [-0.25, -0.2) is 4.79 Å². The lowest BCUT2D eigenvalue weighted by atomic mass is 10.0. The van der Waals surface area contributed by atoms with E-state index in [9.17, 15) is 4.79 Å². The highest BCUT2D eigenvalue weighted by Crippen LogP contribution is 2.24. The molecule has 0 radical (unpaired) electrons. The standard InChI is InChI=1S/C13H20N4O/c1-13(2,9-14-3)17-8-11(16-12(17)18)10-6-4-5-7-15-10/h4-7,11,14H,8-9H2,1-3H3,(H,16,18). The molecule has 1 aliphatic heterocycles. The first-order valence-corrected chi connectivity index (χ1v) is 6.18. The van der Waals surface area contributed by atoms with Crippen LogP contribution >= 0.6 is 0 Å². The third-order valence-corrected chi connectivity index (χ3v) is 3.29. The van der Waals surface area contributed by atoms with E-state index in [2.05, 4.69) is 29.5 Å². The number of nitrogens with one attached hydrogen (secondary N) is 2. The fourth-order valence-electron chi connectivity index (χ4n) is 2.34. The minimum Gasteiger partial charge on any atom is -0.328 e. The first-order valence-electron chi connectivity index (χ1n) is 6.18. The van der Waals surface area contributed by atoms with Crippen molar-refractivity contribution in [1.82, 2.24) is 20.5 Å². The van der Waals surface area contributed by atoms with E-state index in [1.165, 1.54) is 0 Å². The number of urea groups is 1. The van der Waals surface area contributed by atoms with Crippen LogP contribution in [-0.4, -0.2) is 41.6 Å². The Hall–Kier alpha value is -1.62. The summed E-state index contributed by atoms with van der Waals surface area (Å²) in [6.07, 6.45) is 1.75. The number of nitrogens with zero attached hydrogens (tertiary/aromatic N) is 2. The maximum atomic E-state index is 12.0. The molecular weight excluding hydrogens is 228 g/mol. The first kappa shape index (κ1) is 12.8. The van der Waals surface area contributed by atoms with Gasteiger partial charge in [-0.2, -0.15) is 0 Å². The molecule has 0 spiro atoms. The summed E-state index contributed by atoms with van der Waals surface area (Å²) in [5.74, 6) is 0. The number of hydrogen-bond acceptors (Lipinski definition) is 3. The van der Waals surface area contributed by atoms with E-state index in [1.807, 2.05) is 30.1 Å². The van der Waals surface area contributed by atoms with Crippen molar-refractivity contribution >= 4 is 6.03 Å². The first-order chi connectivity index (χ1) is 8.54. The Bertz CT molecular complexity index is 418. The van der Waals surface area contributed by atoms with Gasteiger partial charge in [0.25, 0.3) is 0 Å². The number of aromatic nitrogens is 1. The molecule has 2 amide bonds. The van der Waals surface area contributed by atoms with Gasteiger partial charge in [-0.1, -0.05) is 6.07 Å². The van der Waals surface area contributed by atoms with Crippen LogP contribution in [0.15, 0.2) is 24.4 Å². The van der Waals surface area contributed by atoms with Crippen molar-refractivity contribution in [3.8, 4) is 0 Å². The fourth-order valence-corrected chi connectivity index (χ4v) is 2.34. The zero-order valence-corrected chi connectivity index (χ0v) is 11.1. The number of amides is 2. The highest BCUT2D eigenvalue weighted by atomic mass is 16.2. The molecular formula is C13H20N4O. The third-order valence-electron chi connectivity index (χ3n) is 3.29. The smallest absolute Gasteiger partial charge is 0.318 e. The molecule has 1 unspecified atom stereocenters. The van der Waals surface area contributed by atoms with Crippen LogP contribution in [0.25, 0.3) is 0 Å². The van der Waals surface area contributed by atoms with E-state index < -0.39 is 0 Å². The summed E-state index contributed by atoms with van der Waals surface area (Å²) in [5, 5.41) is 6.10. The second kappa shape index (κ2) is 4.94. The average Bonchev–Trinajstić information content (AvgIpc) is 2.73. The summed E-state index contributed by atoms with van der Waals surface area (Å²) >= 11 is 0. The van der Waals surface area contributed by atoms with Crippen LogP contribution in [0.4, 0.5) is 4.79 Å². The van der Waals surface area contributed by atoms with Gasteiger partial charge < -0.3 is 15.5 Å². The maximum Gasteiger partial charge on any atom is 0.318 e. The Morgan fingerprint density at radius 1 is 1.56 bits per heavy atom. The van der Waals surface area contributed by atoms with Crippen LogP contribution in [0.3, 0.4) is 0 Å². The molecule has 98 valence electrons. The SMILES string of the molecule is CNCC(C)(C)N1CC(c2ccccn2)NC1=O. The third kappa shape index (κ3) is 2.46. The number of carbonyl (C=O) groups is 1. The van der Waals surface area contributed by atoms with E-state index in [0.717, 1.165) is 12.2 Å². The lowest BCUT2D eigenvalue weighted by molar-refractivity contribution is 0.158. The lowest BCUT2D eigenvalue weighted by Gasteiger charge is -2.34. The number of likely N-dealkylation sites (N-methyl/N-ethyl adjacent to an activating group) is 1. The van der Waals surface area contributed by atoms with Crippen molar-refractivity contribution in [2.24, 2.45) is 0 Å². The second-order valence-corrected chi connectivity index (χ2v) is 5.21.